The van der Waals surface area contributed by atoms with Crippen LogP contribution in [0.4, 0.5) is 0 Å². The van der Waals surface area contributed by atoms with Crippen molar-refractivity contribution in [3.05, 3.63) is 18.0 Å². The molecular formula is C16H27N3O. The summed E-state index contributed by atoms with van der Waals surface area (Å²) in [6.07, 6.45) is 12.5. The van der Waals surface area contributed by atoms with Gasteiger partial charge in [0, 0.05) is 43.4 Å². The number of aromatic nitrogens is 2. The van der Waals surface area contributed by atoms with E-state index in [2.05, 4.69) is 23.5 Å². The Morgan fingerprint density at radius 3 is 2.85 bits per heavy atom. The highest BCUT2D eigenvalue weighted by molar-refractivity contribution is 5.11. The first-order valence-corrected chi connectivity index (χ1v) is 8.07. The van der Waals surface area contributed by atoms with E-state index in [1.54, 1.807) is 0 Å². The summed E-state index contributed by atoms with van der Waals surface area (Å²) < 4.78 is 7.87. The summed E-state index contributed by atoms with van der Waals surface area (Å²) in [5.41, 5.74) is 1.69. The SMILES string of the molecule is CCOC1CC(NCc2cnn(C)c2)C12CCCCC2. The smallest absolute Gasteiger partial charge is 0.0661 e. The van der Waals surface area contributed by atoms with Crippen LogP contribution in [0.1, 0.15) is 51.0 Å². The van der Waals surface area contributed by atoms with Crippen molar-refractivity contribution in [2.45, 2.75) is 64.1 Å². The van der Waals surface area contributed by atoms with Gasteiger partial charge in [-0.3, -0.25) is 4.68 Å². The van der Waals surface area contributed by atoms with Crippen LogP contribution in [0.3, 0.4) is 0 Å². The Morgan fingerprint density at radius 2 is 2.20 bits per heavy atom. The normalized spacial score (nSPS) is 28.5. The molecule has 2 aliphatic carbocycles. The number of hydrogen-bond donors (Lipinski definition) is 1. The Kier molecular flexibility index (Phi) is 4.13. The molecule has 1 aromatic rings. The van der Waals surface area contributed by atoms with Crippen LogP contribution in [0.15, 0.2) is 12.4 Å². The van der Waals surface area contributed by atoms with Crippen molar-refractivity contribution in [1.82, 2.24) is 15.1 Å². The number of nitrogens with one attached hydrogen (secondary N) is 1. The van der Waals surface area contributed by atoms with E-state index in [9.17, 15) is 0 Å². The molecule has 112 valence electrons. The highest BCUT2D eigenvalue weighted by Gasteiger charge is 2.55. The largest absolute Gasteiger partial charge is 0.378 e. The number of rotatable bonds is 5. The minimum atomic E-state index is 0.413. The van der Waals surface area contributed by atoms with Crippen molar-refractivity contribution >= 4 is 0 Å². The first-order chi connectivity index (χ1) is 9.74. The van der Waals surface area contributed by atoms with Crippen molar-refractivity contribution in [2.24, 2.45) is 12.5 Å². The number of hydrogen-bond acceptors (Lipinski definition) is 3. The zero-order valence-corrected chi connectivity index (χ0v) is 12.8. The second-order valence-corrected chi connectivity index (χ2v) is 6.43. The predicted molar refractivity (Wildman–Crippen MR) is 79.4 cm³/mol. The lowest BCUT2D eigenvalue weighted by Gasteiger charge is -2.58. The summed E-state index contributed by atoms with van der Waals surface area (Å²) in [7, 11) is 1.97. The van der Waals surface area contributed by atoms with Crippen LogP contribution >= 0.6 is 0 Å². The molecule has 1 spiro atoms. The van der Waals surface area contributed by atoms with Gasteiger partial charge in [-0.25, -0.2) is 0 Å². The van der Waals surface area contributed by atoms with E-state index in [1.165, 1.54) is 44.1 Å². The molecule has 4 heteroatoms. The molecular weight excluding hydrogens is 250 g/mol. The average Bonchev–Trinajstić information content (AvgIpc) is 2.88. The first kappa shape index (κ1) is 14.1. The minimum Gasteiger partial charge on any atom is -0.378 e. The molecule has 0 radical (unpaired) electrons. The second-order valence-electron chi connectivity index (χ2n) is 6.43. The van der Waals surface area contributed by atoms with E-state index in [0.29, 0.717) is 17.6 Å². The standard InChI is InChI=1S/C16H27N3O/c1-3-20-15-9-14(16(15)7-5-4-6-8-16)17-10-13-11-18-19(2)12-13/h11-12,14-15,17H,3-10H2,1-2H3. The van der Waals surface area contributed by atoms with E-state index in [0.717, 1.165) is 13.2 Å². The third kappa shape index (κ3) is 2.51. The molecule has 0 aromatic carbocycles. The Labute approximate surface area is 121 Å². The molecule has 1 heterocycles. The molecule has 0 bridgehead atoms. The van der Waals surface area contributed by atoms with Gasteiger partial charge in [-0.2, -0.15) is 5.10 Å². The number of nitrogens with zero attached hydrogens (tertiary/aromatic N) is 2. The molecule has 0 amide bonds. The lowest BCUT2D eigenvalue weighted by atomic mass is 9.55. The average molecular weight is 277 g/mol. The molecule has 2 atom stereocenters. The Bertz CT molecular complexity index is 437. The number of ether oxygens (including phenoxy) is 1. The van der Waals surface area contributed by atoms with Crippen molar-refractivity contribution in [2.75, 3.05) is 6.61 Å². The summed E-state index contributed by atoms with van der Waals surface area (Å²) in [5.74, 6) is 0. The van der Waals surface area contributed by atoms with Crippen LogP contribution in [0.5, 0.6) is 0 Å². The Hall–Kier alpha value is -0.870. The van der Waals surface area contributed by atoms with Crippen LogP contribution in [0.2, 0.25) is 0 Å². The predicted octanol–water partition coefficient (Wildman–Crippen LogP) is 2.64. The highest BCUT2D eigenvalue weighted by atomic mass is 16.5. The van der Waals surface area contributed by atoms with Crippen LogP contribution in [-0.4, -0.2) is 28.5 Å². The van der Waals surface area contributed by atoms with E-state index in [1.807, 2.05) is 17.9 Å². The van der Waals surface area contributed by atoms with Gasteiger partial charge in [-0.15, -0.1) is 0 Å². The third-order valence-electron chi connectivity index (χ3n) is 5.25. The fourth-order valence-corrected chi connectivity index (χ4v) is 4.15. The van der Waals surface area contributed by atoms with Crippen LogP contribution < -0.4 is 5.32 Å². The molecule has 1 aromatic heterocycles. The number of aryl methyl sites for hydroxylation is 1. The molecule has 4 nitrogen and oxygen atoms in total. The molecule has 20 heavy (non-hydrogen) atoms. The summed E-state index contributed by atoms with van der Waals surface area (Å²) >= 11 is 0. The summed E-state index contributed by atoms with van der Waals surface area (Å²) in [5, 5.41) is 8.00. The lowest BCUT2D eigenvalue weighted by molar-refractivity contribution is -0.150. The van der Waals surface area contributed by atoms with Crippen molar-refractivity contribution in [3.63, 3.8) is 0 Å². The van der Waals surface area contributed by atoms with E-state index >= 15 is 0 Å². The van der Waals surface area contributed by atoms with Gasteiger partial charge in [0.15, 0.2) is 0 Å². The maximum absolute atomic E-state index is 6.00. The van der Waals surface area contributed by atoms with Gasteiger partial charge < -0.3 is 10.1 Å². The zero-order chi connectivity index (χ0) is 14.0. The van der Waals surface area contributed by atoms with Gasteiger partial charge in [0.2, 0.25) is 0 Å². The molecule has 2 aliphatic rings. The van der Waals surface area contributed by atoms with Crippen LogP contribution in [0.25, 0.3) is 0 Å². The first-order valence-electron chi connectivity index (χ1n) is 8.07. The maximum Gasteiger partial charge on any atom is 0.0661 e. The Morgan fingerprint density at radius 1 is 1.40 bits per heavy atom. The third-order valence-corrected chi connectivity index (χ3v) is 5.25. The monoisotopic (exact) mass is 277 g/mol. The van der Waals surface area contributed by atoms with Gasteiger partial charge in [0.05, 0.1) is 12.3 Å². The fraction of sp³-hybridized carbons (Fsp3) is 0.812. The summed E-state index contributed by atoms with van der Waals surface area (Å²) in [6.45, 7) is 3.90. The fourth-order valence-electron chi connectivity index (χ4n) is 4.15. The van der Waals surface area contributed by atoms with Crippen LogP contribution in [-0.2, 0) is 18.3 Å². The molecule has 1 N–H and O–H groups in total. The van der Waals surface area contributed by atoms with Gasteiger partial charge in [0.25, 0.3) is 0 Å². The lowest BCUT2D eigenvalue weighted by Crippen LogP contribution is -2.64. The van der Waals surface area contributed by atoms with Crippen LogP contribution in [0, 0.1) is 5.41 Å². The van der Waals surface area contributed by atoms with E-state index < -0.39 is 0 Å². The molecule has 0 saturated heterocycles. The van der Waals surface area contributed by atoms with Gasteiger partial charge >= 0.3 is 0 Å². The molecule has 3 rings (SSSR count). The van der Waals surface area contributed by atoms with Crippen molar-refractivity contribution < 1.29 is 4.74 Å². The molecule has 0 aliphatic heterocycles. The highest BCUT2D eigenvalue weighted by Crippen LogP contribution is 2.53. The molecule has 2 saturated carbocycles. The second kappa shape index (κ2) is 5.86. The van der Waals surface area contributed by atoms with E-state index in [-0.39, 0.29) is 0 Å². The quantitative estimate of drug-likeness (QED) is 0.899. The summed E-state index contributed by atoms with van der Waals surface area (Å²) in [4.78, 5) is 0. The maximum atomic E-state index is 6.00. The van der Waals surface area contributed by atoms with Crippen molar-refractivity contribution in [3.8, 4) is 0 Å². The van der Waals surface area contributed by atoms with Gasteiger partial charge in [0.1, 0.15) is 0 Å². The van der Waals surface area contributed by atoms with Gasteiger partial charge in [-0.05, 0) is 26.2 Å². The minimum absolute atomic E-state index is 0.413. The Balaban J connectivity index is 1.61. The zero-order valence-electron chi connectivity index (χ0n) is 12.8. The van der Waals surface area contributed by atoms with Gasteiger partial charge in [-0.1, -0.05) is 19.3 Å². The molecule has 2 unspecified atom stereocenters. The summed E-state index contributed by atoms with van der Waals surface area (Å²) in [6, 6.07) is 0.625. The van der Waals surface area contributed by atoms with Crippen molar-refractivity contribution in [1.29, 1.82) is 0 Å². The molecule has 2 fully saturated rings. The van der Waals surface area contributed by atoms with E-state index in [4.69, 9.17) is 4.74 Å². The topological polar surface area (TPSA) is 39.1 Å².